The van der Waals surface area contributed by atoms with Gasteiger partial charge in [-0.2, -0.15) is 0 Å². The van der Waals surface area contributed by atoms with Crippen molar-refractivity contribution in [3.05, 3.63) is 88.4 Å². The topological polar surface area (TPSA) is 96.0 Å². The molecule has 8 nitrogen and oxygen atoms in total. The molecule has 0 aliphatic carbocycles. The smallest absolute Gasteiger partial charge is 0.264 e. The number of methoxy groups -OCH3 is 1. The molecule has 0 fully saturated rings. The zero-order chi connectivity index (χ0) is 27.2. The molecule has 196 valence electrons. The van der Waals surface area contributed by atoms with Crippen molar-refractivity contribution < 1.29 is 22.7 Å². The normalized spacial score (nSPS) is 11.9. The van der Waals surface area contributed by atoms with Gasteiger partial charge in [0.15, 0.2) is 0 Å². The van der Waals surface area contributed by atoms with Crippen molar-refractivity contribution in [3.8, 4) is 5.75 Å². The second-order valence-electron chi connectivity index (χ2n) is 8.07. The van der Waals surface area contributed by atoms with E-state index in [0.29, 0.717) is 21.4 Å². The Balaban J connectivity index is 2.05. The largest absolute Gasteiger partial charge is 0.497 e. The van der Waals surface area contributed by atoms with Crippen LogP contribution in [0.1, 0.15) is 12.5 Å². The van der Waals surface area contributed by atoms with Crippen LogP contribution in [0.15, 0.2) is 77.7 Å². The Morgan fingerprint density at radius 3 is 2.32 bits per heavy atom. The van der Waals surface area contributed by atoms with Gasteiger partial charge >= 0.3 is 0 Å². The van der Waals surface area contributed by atoms with Crippen molar-refractivity contribution in [3.63, 3.8) is 0 Å². The average molecular weight is 564 g/mol. The molecule has 0 bridgehead atoms. The Morgan fingerprint density at radius 1 is 1.00 bits per heavy atom. The SMILES string of the molecule is CNC(=O)[C@@H](C)N(Cc1ccc(Cl)cc1Cl)C(=O)CN(c1cccc(OC)c1)S(=O)(=O)c1ccccc1. The molecule has 3 rings (SSSR count). The zero-order valence-electron chi connectivity index (χ0n) is 20.5. The number of nitrogens with zero attached hydrogens (tertiary/aromatic N) is 2. The lowest BCUT2D eigenvalue weighted by molar-refractivity contribution is -0.139. The lowest BCUT2D eigenvalue weighted by Crippen LogP contribution is -2.50. The highest BCUT2D eigenvalue weighted by atomic mass is 35.5. The number of carbonyl (C=O) groups excluding carboxylic acids is 2. The lowest BCUT2D eigenvalue weighted by Gasteiger charge is -2.32. The van der Waals surface area contributed by atoms with E-state index in [1.165, 1.54) is 43.3 Å². The highest BCUT2D eigenvalue weighted by Gasteiger charge is 2.32. The van der Waals surface area contributed by atoms with Crippen LogP contribution >= 0.6 is 23.2 Å². The standard InChI is InChI=1S/C26H27Cl2N3O5S/c1-18(26(33)29-2)30(16-19-12-13-20(27)14-24(19)28)25(32)17-31(21-8-7-9-22(15-21)36-3)37(34,35)23-10-5-4-6-11-23/h4-15,18H,16-17H2,1-3H3,(H,29,33)/t18-/m1/s1. The Morgan fingerprint density at radius 2 is 1.70 bits per heavy atom. The molecule has 0 heterocycles. The number of benzene rings is 3. The highest BCUT2D eigenvalue weighted by molar-refractivity contribution is 7.92. The minimum absolute atomic E-state index is 0.0114. The maximum absolute atomic E-state index is 13.7. The summed E-state index contributed by atoms with van der Waals surface area (Å²) < 4.78 is 33.7. The molecule has 0 radical (unpaired) electrons. The minimum Gasteiger partial charge on any atom is -0.497 e. The van der Waals surface area contributed by atoms with E-state index in [0.717, 1.165) is 4.31 Å². The lowest BCUT2D eigenvalue weighted by atomic mass is 10.1. The number of hydrogen-bond acceptors (Lipinski definition) is 5. The van der Waals surface area contributed by atoms with Gasteiger partial charge in [0.25, 0.3) is 10.0 Å². The Bertz CT molecular complexity index is 1370. The van der Waals surface area contributed by atoms with Crippen LogP contribution in [0.2, 0.25) is 10.0 Å². The fourth-order valence-corrected chi connectivity index (χ4v) is 5.53. The van der Waals surface area contributed by atoms with Crippen molar-refractivity contribution in [1.29, 1.82) is 0 Å². The van der Waals surface area contributed by atoms with Crippen LogP contribution in [0.4, 0.5) is 5.69 Å². The van der Waals surface area contributed by atoms with Gasteiger partial charge in [-0.25, -0.2) is 8.42 Å². The van der Waals surface area contributed by atoms with Crippen LogP contribution in [0.5, 0.6) is 5.75 Å². The minimum atomic E-state index is -4.16. The van der Waals surface area contributed by atoms with Gasteiger partial charge in [0.2, 0.25) is 11.8 Å². The molecule has 0 saturated carbocycles. The van der Waals surface area contributed by atoms with Crippen molar-refractivity contribution in [2.75, 3.05) is 25.0 Å². The van der Waals surface area contributed by atoms with Gasteiger partial charge in [-0.1, -0.05) is 53.5 Å². The summed E-state index contributed by atoms with van der Waals surface area (Å²) in [5, 5.41) is 3.27. The van der Waals surface area contributed by atoms with Crippen molar-refractivity contribution in [2.24, 2.45) is 0 Å². The molecule has 2 amide bonds. The van der Waals surface area contributed by atoms with Crippen LogP contribution in [-0.4, -0.2) is 51.9 Å². The molecule has 0 saturated heterocycles. The monoisotopic (exact) mass is 563 g/mol. The van der Waals surface area contributed by atoms with E-state index in [9.17, 15) is 18.0 Å². The molecular weight excluding hydrogens is 537 g/mol. The van der Waals surface area contributed by atoms with E-state index < -0.39 is 34.4 Å². The fraction of sp³-hybridized carbons (Fsp3) is 0.231. The molecule has 0 spiro atoms. The number of carbonyl (C=O) groups is 2. The summed E-state index contributed by atoms with van der Waals surface area (Å²) in [4.78, 5) is 27.6. The number of hydrogen-bond donors (Lipinski definition) is 1. The first-order valence-electron chi connectivity index (χ1n) is 11.2. The van der Waals surface area contributed by atoms with E-state index in [4.69, 9.17) is 27.9 Å². The summed E-state index contributed by atoms with van der Waals surface area (Å²) in [7, 11) is -1.24. The first-order valence-corrected chi connectivity index (χ1v) is 13.4. The third-order valence-corrected chi connectivity index (χ3v) is 8.10. The second-order valence-corrected chi connectivity index (χ2v) is 10.8. The van der Waals surface area contributed by atoms with Crippen LogP contribution in [0, 0.1) is 0 Å². The maximum atomic E-state index is 13.7. The van der Waals surface area contributed by atoms with Crippen LogP contribution in [0.3, 0.4) is 0 Å². The van der Waals surface area contributed by atoms with E-state index in [1.54, 1.807) is 55.5 Å². The fourth-order valence-electron chi connectivity index (χ4n) is 3.64. The van der Waals surface area contributed by atoms with Gasteiger partial charge in [-0.3, -0.25) is 13.9 Å². The number of anilines is 1. The van der Waals surface area contributed by atoms with Crippen molar-refractivity contribution in [2.45, 2.75) is 24.4 Å². The summed E-state index contributed by atoms with van der Waals surface area (Å²) in [5.74, 6) is -0.608. The Hall–Kier alpha value is -3.27. The van der Waals surface area contributed by atoms with Gasteiger partial charge in [0.1, 0.15) is 18.3 Å². The Labute approximate surface area is 226 Å². The van der Waals surface area contributed by atoms with Gasteiger partial charge in [-0.05, 0) is 48.9 Å². The summed E-state index contributed by atoms with van der Waals surface area (Å²) in [6.07, 6.45) is 0. The number of halogens is 2. The quantitative estimate of drug-likeness (QED) is 0.395. The number of ether oxygens (including phenoxy) is 1. The molecule has 0 unspecified atom stereocenters. The number of rotatable bonds is 10. The molecule has 11 heteroatoms. The first kappa shape index (κ1) is 28.3. The number of likely N-dealkylation sites (N-methyl/N-ethyl adjacent to an activating group) is 1. The molecule has 3 aromatic rings. The number of amides is 2. The molecular formula is C26H27Cl2N3O5S. The van der Waals surface area contributed by atoms with Gasteiger partial charge in [-0.15, -0.1) is 0 Å². The summed E-state index contributed by atoms with van der Waals surface area (Å²) in [6.45, 7) is 0.944. The molecule has 1 N–H and O–H groups in total. The predicted molar refractivity (Wildman–Crippen MR) is 145 cm³/mol. The van der Waals surface area contributed by atoms with E-state index in [2.05, 4.69) is 5.32 Å². The molecule has 1 atom stereocenters. The van der Waals surface area contributed by atoms with E-state index in [1.807, 2.05) is 0 Å². The summed E-state index contributed by atoms with van der Waals surface area (Å²) in [6, 6.07) is 18.1. The highest BCUT2D eigenvalue weighted by Crippen LogP contribution is 2.28. The first-order chi connectivity index (χ1) is 17.6. The number of nitrogens with one attached hydrogen (secondary N) is 1. The molecule has 0 aliphatic rings. The van der Waals surface area contributed by atoms with Crippen LogP contribution < -0.4 is 14.4 Å². The van der Waals surface area contributed by atoms with Crippen LogP contribution in [-0.2, 0) is 26.2 Å². The maximum Gasteiger partial charge on any atom is 0.264 e. The predicted octanol–water partition coefficient (Wildman–Crippen LogP) is 4.36. The van der Waals surface area contributed by atoms with Crippen molar-refractivity contribution in [1.82, 2.24) is 10.2 Å². The van der Waals surface area contributed by atoms with Gasteiger partial charge < -0.3 is 15.0 Å². The summed E-state index contributed by atoms with van der Waals surface area (Å²) in [5.41, 5.74) is 0.780. The molecule has 37 heavy (non-hydrogen) atoms. The Kier molecular flexibility index (Phi) is 9.42. The molecule has 0 aromatic heterocycles. The van der Waals surface area contributed by atoms with Crippen molar-refractivity contribution >= 4 is 50.7 Å². The van der Waals surface area contributed by atoms with Gasteiger partial charge in [0, 0.05) is 29.7 Å². The van der Waals surface area contributed by atoms with E-state index in [-0.39, 0.29) is 17.1 Å². The van der Waals surface area contributed by atoms with Gasteiger partial charge in [0.05, 0.1) is 17.7 Å². The zero-order valence-corrected chi connectivity index (χ0v) is 22.8. The third-order valence-electron chi connectivity index (χ3n) is 5.72. The van der Waals surface area contributed by atoms with Crippen LogP contribution in [0.25, 0.3) is 0 Å². The number of sulfonamides is 1. The summed E-state index contributed by atoms with van der Waals surface area (Å²) >= 11 is 12.3. The molecule has 3 aromatic carbocycles. The third kappa shape index (κ3) is 6.74. The van der Waals surface area contributed by atoms with E-state index >= 15 is 0 Å². The second kappa shape index (κ2) is 12.3. The average Bonchev–Trinajstić information content (AvgIpc) is 2.90. The molecule has 0 aliphatic heterocycles.